The van der Waals surface area contributed by atoms with Crippen molar-refractivity contribution in [2.75, 3.05) is 12.4 Å². The SMILES string of the molecule is C=C/C(=C\C=NC)Nc1ccc2ncccc2n1. The van der Waals surface area contributed by atoms with Gasteiger partial charge in [-0.25, -0.2) is 4.98 Å². The van der Waals surface area contributed by atoms with Gasteiger partial charge < -0.3 is 5.32 Å². The van der Waals surface area contributed by atoms with Crippen LogP contribution in [-0.2, 0) is 0 Å². The lowest BCUT2D eigenvalue weighted by Gasteiger charge is -2.06. The highest BCUT2D eigenvalue weighted by atomic mass is 15.0. The molecule has 1 N–H and O–H groups in total. The van der Waals surface area contributed by atoms with Crippen molar-refractivity contribution in [3.8, 4) is 0 Å². The normalized spacial score (nSPS) is 11.9. The first-order valence-corrected chi connectivity index (χ1v) is 5.57. The highest BCUT2D eigenvalue weighted by Gasteiger charge is 1.98. The van der Waals surface area contributed by atoms with Crippen molar-refractivity contribution < 1.29 is 0 Å². The fourth-order valence-electron chi connectivity index (χ4n) is 1.49. The summed E-state index contributed by atoms with van der Waals surface area (Å²) in [5.74, 6) is 0.756. The van der Waals surface area contributed by atoms with Crippen molar-refractivity contribution in [2.45, 2.75) is 0 Å². The maximum Gasteiger partial charge on any atom is 0.131 e. The molecule has 2 rings (SSSR count). The van der Waals surface area contributed by atoms with Crippen molar-refractivity contribution in [2.24, 2.45) is 4.99 Å². The van der Waals surface area contributed by atoms with Gasteiger partial charge in [-0.05, 0) is 36.4 Å². The second-order valence-electron chi connectivity index (χ2n) is 3.60. The van der Waals surface area contributed by atoms with Crippen LogP contribution in [0.2, 0.25) is 0 Å². The number of allylic oxidation sites excluding steroid dienone is 2. The van der Waals surface area contributed by atoms with E-state index in [0.29, 0.717) is 0 Å². The van der Waals surface area contributed by atoms with Crippen LogP contribution in [0, 0.1) is 0 Å². The highest BCUT2D eigenvalue weighted by Crippen LogP contribution is 2.13. The minimum atomic E-state index is 0.756. The maximum absolute atomic E-state index is 4.46. The van der Waals surface area contributed by atoms with Crippen molar-refractivity contribution >= 4 is 23.1 Å². The van der Waals surface area contributed by atoms with Crippen molar-refractivity contribution in [1.29, 1.82) is 0 Å². The maximum atomic E-state index is 4.46. The summed E-state index contributed by atoms with van der Waals surface area (Å²) in [5, 5.41) is 3.17. The Kier molecular flexibility index (Phi) is 3.81. The molecule has 0 saturated heterocycles. The van der Waals surface area contributed by atoms with Gasteiger partial charge in [0, 0.05) is 25.2 Å². The van der Waals surface area contributed by atoms with Crippen LogP contribution < -0.4 is 5.32 Å². The van der Waals surface area contributed by atoms with E-state index in [1.807, 2.05) is 30.3 Å². The fraction of sp³-hybridized carbons (Fsp3) is 0.0714. The van der Waals surface area contributed by atoms with Gasteiger partial charge in [0.15, 0.2) is 0 Å². The van der Waals surface area contributed by atoms with Gasteiger partial charge in [0.05, 0.1) is 11.0 Å². The molecule has 0 amide bonds. The van der Waals surface area contributed by atoms with Gasteiger partial charge >= 0.3 is 0 Å². The lowest BCUT2D eigenvalue weighted by atomic mass is 10.3. The van der Waals surface area contributed by atoms with E-state index in [1.165, 1.54) is 0 Å². The molecule has 18 heavy (non-hydrogen) atoms. The van der Waals surface area contributed by atoms with Gasteiger partial charge in [-0.2, -0.15) is 0 Å². The van der Waals surface area contributed by atoms with E-state index in [0.717, 1.165) is 22.5 Å². The highest BCUT2D eigenvalue weighted by molar-refractivity contribution is 5.77. The Bertz CT molecular complexity index is 614. The first kappa shape index (κ1) is 12.0. The molecule has 0 bridgehead atoms. The van der Waals surface area contributed by atoms with Gasteiger partial charge in [0.1, 0.15) is 5.82 Å². The van der Waals surface area contributed by atoms with Gasteiger partial charge in [0.2, 0.25) is 0 Å². The molecule has 0 aliphatic heterocycles. The molecule has 0 spiro atoms. The molecule has 0 aliphatic rings. The van der Waals surface area contributed by atoms with E-state index in [2.05, 4.69) is 26.9 Å². The van der Waals surface area contributed by atoms with E-state index in [1.54, 1.807) is 25.5 Å². The Labute approximate surface area is 106 Å². The molecule has 0 fully saturated rings. The summed E-state index contributed by atoms with van der Waals surface area (Å²) in [6.07, 6.45) is 7.01. The molecule has 2 aromatic heterocycles. The van der Waals surface area contributed by atoms with Gasteiger partial charge in [0.25, 0.3) is 0 Å². The third-order valence-corrected chi connectivity index (χ3v) is 2.35. The zero-order valence-electron chi connectivity index (χ0n) is 10.2. The standard InChI is InChI=1S/C14H14N4/c1-3-11(8-10-15-2)17-14-7-6-12-13(18-14)5-4-9-16-12/h3-10H,1H2,2H3,(H,17,18)/b11-8+,15-10?. The van der Waals surface area contributed by atoms with Gasteiger partial charge in [-0.1, -0.05) is 6.58 Å². The summed E-state index contributed by atoms with van der Waals surface area (Å²) in [6, 6.07) is 7.61. The summed E-state index contributed by atoms with van der Waals surface area (Å²) < 4.78 is 0. The summed E-state index contributed by atoms with van der Waals surface area (Å²) in [7, 11) is 1.72. The minimum Gasteiger partial charge on any atom is -0.340 e. The molecule has 2 heterocycles. The molecule has 90 valence electrons. The Balaban J connectivity index is 2.28. The van der Waals surface area contributed by atoms with Crippen LogP contribution in [-0.4, -0.2) is 23.2 Å². The Morgan fingerprint density at radius 2 is 2.22 bits per heavy atom. The van der Waals surface area contributed by atoms with E-state index >= 15 is 0 Å². The number of hydrogen-bond donors (Lipinski definition) is 1. The average Bonchev–Trinajstić information content (AvgIpc) is 2.43. The van der Waals surface area contributed by atoms with Crippen LogP contribution in [0.3, 0.4) is 0 Å². The number of nitrogens with one attached hydrogen (secondary N) is 1. The molecule has 0 saturated carbocycles. The number of rotatable bonds is 4. The third-order valence-electron chi connectivity index (χ3n) is 2.35. The Morgan fingerprint density at radius 3 is 3.00 bits per heavy atom. The van der Waals surface area contributed by atoms with Crippen molar-refractivity contribution in [3.63, 3.8) is 0 Å². The third kappa shape index (κ3) is 2.79. The molecule has 0 radical (unpaired) electrons. The summed E-state index contributed by atoms with van der Waals surface area (Å²) in [4.78, 5) is 12.6. The largest absolute Gasteiger partial charge is 0.340 e. The first-order chi connectivity index (χ1) is 8.83. The van der Waals surface area contributed by atoms with Crippen LogP contribution in [0.15, 0.2) is 59.9 Å². The second-order valence-corrected chi connectivity index (χ2v) is 3.60. The lowest BCUT2D eigenvalue weighted by molar-refractivity contribution is 1.31. The van der Waals surface area contributed by atoms with E-state index in [4.69, 9.17) is 0 Å². The summed E-state index contributed by atoms with van der Waals surface area (Å²) >= 11 is 0. The number of hydrogen-bond acceptors (Lipinski definition) is 4. The number of fused-ring (bicyclic) bond motifs is 1. The topological polar surface area (TPSA) is 50.2 Å². The quantitative estimate of drug-likeness (QED) is 0.658. The predicted molar refractivity (Wildman–Crippen MR) is 75.9 cm³/mol. The number of pyridine rings is 2. The van der Waals surface area contributed by atoms with Gasteiger partial charge in [-0.15, -0.1) is 0 Å². The molecule has 0 aliphatic carbocycles. The monoisotopic (exact) mass is 238 g/mol. The van der Waals surface area contributed by atoms with E-state index in [9.17, 15) is 0 Å². The smallest absolute Gasteiger partial charge is 0.131 e. The molecule has 2 aromatic rings. The molecule has 0 unspecified atom stereocenters. The lowest BCUT2D eigenvalue weighted by Crippen LogP contribution is -1.99. The molecule has 4 nitrogen and oxygen atoms in total. The zero-order valence-corrected chi connectivity index (χ0v) is 10.2. The molecule has 0 aromatic carbocycles. The van der Waals surface area contributed by atoms with Crippen LogP contribution in [0.1, 0.15) is 0 Å². The Morgan fingerprint density at radius 1 is 1.33 bits per heavy atom. The summed E-state index contributed by atoms with van der Waals surface area (Å²) in [6.45, 7) is 3.74. The van der Waals surface area contributed by atoms with Crippen LogP contribution >= 0.6 is 0 Å². The van der Waals surface area contributed by atoms with Crippen LogP contribution in [0.5, 0.6) is 0 Å². The average molecular weight is 238 g/mol. The number of anilines is 1. The van der Waals surface area contributed by atoms with E-state index < -0.39 is 0 Å². The number of nitrogens with zero attached hydrogens (tertiary/aromatic N) is 3. The van der Waals surface area contributed by atoms with Crippen molar-refractivity contribution in [3.05, 3.63) is 54.9 Å². The molecular weight excluding hydrogens is 224 g/mol. The summed E-state index contributed by atoms with van der Waals surface area (Å²) in [5.41, 5.74) is 2.58. The number of aromatic nitrogens is 2. The van der Waals surface area contributed by atoms with Crippen molar-refractivity contribution in [1.82, 2.24) is 9.97 Å². The zero-order chi connectivity index (χ0) is 12.8. The Hall–Kier alpha value is -2.49. The van der Waals surface area contributed by atoms with Gasteiger partial charge in [-0.3, -0.25) is 9.98 Å². The van der Waals surface area contributed by atoms with Crippen LogP contribution in [0.4, 0.5) is 5.82 Å². The van der Waals surface area contributed by atoms with Crippen LogP contribution in [0.25, 0.3) is 11.0 Å². The first-order valence-electron chi connectivity index (χ1n) is 5.57. The van der Waals surface area contributed by atoms with E-state index in [-0.39, 0.29) is 0 Å². The number of aliphatic imine (C=N–C) groups is 1. The second kappa shape index (κ2) is 5.72. The minimum absolute atomic E-state index is 0.756. The fourth-order valence-corrected chi connectivity index (χ4v) is 1.49. The molecular formula is C14H14N4. The molecule has 0 atom stereocenters. The predicted octanol–water partition coefficient (Wildman–Crippen LogP) is 2.81. The molecule has 4 heteroatoms.